The van der Waals surface area contributed by atoms with Crippen LogP contribution in [0.1, 0.15) is 42.5 Å². The number of piperidine rings is 1. The molecule has 20 heavy (non-hydrogen) atoms. The van der Waals surface area contributed by atoms with Gasteiger partial charge in [-0.05, 0) is 44.2 Å². The third kappa shape index (κ3) is 1.89. The highest BCUT2D eigenvalue weighted by Gasteiger charge is 2.49. The smallest absolute Gasteiger partial charge is 0.260 e. The highest BCUT2D eigenvalue weighted by Crippen LogP contribution is 2.49. The second kappa shape index (κ2) is 4.89. The average molecular weight is 269 g/mol. The van der Waals surface area contributed by atoms with Gasteiger partial charge in [-0.1, -0.05) is 30.4 Å². The van der Waals surface area contributed by atoms with Gasteiger partial charge in [0.1, 0.15) is 0 Å². The molecule has 2 amide bonds. The van der Waals surface area contributed by atoms with E-state index in [2.05, 4.69) is 6.58 Å². The first-order valence-electron chi connectivity index (χ1n) is 7.25. The topological polar surface area (TPSA) is 37.4 Å². The van der Waals surface area contributed by atoms with Crippen molar-refractivity contribution in [2.24, 2.45) is 5.41 Å². The van der Waals surface area contributed by atoms with Crippen molar-refractivity contribution in [2.75, 3.05) is 6.54 Å². The fourth-order valence-electron chi connectivity index (χ4n) is 3.52. The number of hydrogen-bond acceptors (Lipinski definition) is 2. The monoisotopic (exact) mass is 269 g/mol. The molecule has 1 saturated carbocycles. The van der Waals surface area contributed by atoms with Crippen LogP contribution in [0.15, 0.2) is 42.5 Å². The largest absolute Gasteiger partial charge is 0.278 e. The molecule has 2 fully saturated rings. The lowest BCUT2D eigenvalue weighted by molar-refractivity contribution is -0.140. The zero-order valence-corrected chi connectivity index (χ0v) is 11.6. The number of benzene rings is 1. The van der Waals surface area contributed by atoms with E-state index in [4.69, 9.17) is 0 Å². The van der Waals surface area contributed by atoms with Gasteiger partial charge in [0.15, 0.2) is 0 Å². The summed E-state index contributed by atoms with van der Waals surface area (Å²) in [6.45, 7) is 4.62. The molecule has 1 spiro atoms. The lowest BCUT2D eigenvalue weighted by Crippen LogP contribution is -2.50. The van der Waals surface area contributed by atoms with Crippen molar-refractivity contribution in [3.8, 4) is 0 Å². The predicted molar refractivity (Wildman–Crippen MR) is 77.1 cm³/mol. The van der Waals surface area contributed by atoms with Gasteiger partial charge in [-0.3, -0.25) is 14.5 Å². The van der Waals surface area contributed by atoms with Gasteiger partial charge in [0.25, 0.3) is 5.91 Å². The molecule has 0 bridgehead atoms. The fourth-order valence-corrected chi connectivity index (χ4v) is 3.52. The van der Waals surface area contributed by atoms with Crippen LogP contribution in [-0.4, -0.2) is 23.3 Å². The molecule has 1 aromatic carbocycles. The van der Waals surface area contributed by atoms with Crippen LogP contribution in [0.5, 0.6) is 0 Å². The van der Waals surface area contributed by atoms with Gasteiger partial charge < -0.3 is 0 Å². The van der Waals surface area contributed by atoms with Crippen molar-refractivity contribution in [3.05, 3.63) is 48.0 Å². The molecule has 3 heteroatoms. The van der Waals surface area contributed by atoms with E-state index in [0.717, 1.165) is 37.7 Å². The summed E-state index contributed by atoms with van der Waals surface area (Å²) in [5, 5.41) is 0. The summed E-state index contributed by atoms with van der Waals surface area (Å²) in [7, 11) is 0. The summed E-state index contributed by atoms with van der Waals surface area (Å²) >= 11 is 0. The molecule has 3 nitrogen and oxygen atoms in total. The Balaban J connectivity index is 1.89. The van der Waals surface area contributed by atoms with Crippen LogP contribution in [0.25, 0.3) is 0 Å². The summed E-state index contributed by atoms with van der Waals surface area (Å²) in [6.07, 6.45) is 4.51. The number of amides is 2. The molecule has 1 saturated heterocycles. The minimum Gasteiger partial charge on any atom is -0.278 e. The minimum absolute atomic E-state index is 0.0277. The quantitative estimate of drug-likeness (QED) is 0.580. The fraction of sp³-hybridized carbons (Fsp3) is 0.412. The zero-order valence-electron chi connectivity index (χ0n) is 11.6. The molecule has 2 aliphatic rings. The third-order valence-electron chi connectivity index (χ3n) is 4.66. The van der Waals surface area contributed by atoms with Crippen molar-refractivity contribution >= 4 is 11.8 Å². The first-order chi connectivity index (χ1) is 9.65. The van der Waals surface area contributed by atoms with E-state index >= 15 is 0 Å². The van der Waals surface area contributed by atoms with Crippen molar-refractivity contribution in [2.45, 2.75) is 32.1 Å². The van der Waals surface area contributed by atoms with Crippen LogP contribution in [0.3, 0.4) is 0 Å². The van der Waals surface area contributed by atoms with Crippen molar-refractivity contribution < 1.29 is 9.59 Å². The molecule has 1 heterocycles. The van der Waals surface area contributed by atoms with Crippen LogP contribution in [0, 0.1) is 5.41 Å². The Morgan fingerprint density at radius 2 is 1.85 bits per heavy atom. The maximum Gasteiger partial charge on any atom is 0.260 e. The van der Waals surface area contributed by atoms with E-state index in [1.165, 1.54) is 4.90 Å². The molecule has 1 aromatic rings. The van der Waals surface area contributed by atoms with E-state index in [1.54, 1.807) is 12.1 Å². The van der Waals surface area contributed by atoms with E-state index in [-0.39, 0.29) is 11.8 Å². The Morgan fingerprint density at radius 1 is 1.15 bits per heavy atom. The molecule has 3 rings (SSSR count). The SMILES string of the molecule is C=C1CCCC12CCCN(C(=O)c1ccccc1)C2=O. The van der Waals surface area contributed by atoms with Gasteiger partial charge >= 0.3 is 0 Å². The number of imide groups is 1. The Bertz CT molecular complexity index is 564. The normalized spacial score (nSPS) is 26.3. The number of nitrogens with zero attached hydrogens (tertiary/aromatic N) is 1. The molecule has 0 N–H and O–H groups in total. The highest BCUT2D eigenvalue weighted by molar-refractivity contribution is 6.07. The Kier molecular flexibility index (Phi) is 3.20. The predicted octanol–water partition coefficient (Wildman–Crippen LogP) is 3.18. The van der Waals surface area contributed by atoms with E-state index in [9.17, 15) is 9.59 Å². The van der Waals surface area contributed by atoms with Gasteiger partial charge in [-0.15, -0.1) is 0 Å². The van der Waals surface area contributed by atoms with Crippen LogP contribution in [0.2, 0.25) is 0 Å². The highest BCUT2D eigenvalue weighted by atomic mass is 16.2. The first kappa shape index (κ1) is 13.1. The second-order valence-electron chi connectivity index (χ2n) is 5.77. The standard InChI is InChI=1S/C17H19NO2/c1-13-7-5-10-17(13)11-6-12-18(16(17)20)15(19)14-8-3-2-4-9-14/h2-4,8-9H,1,5-7,10-12H2. The Hall–Kier alpha value is -1.90. The molecule has 0 radical (unpaired) electrons. The van der Waals surface area contributed by atoms with Crippen LogP contribution in [-0.2, 0) is 4.79 Å². The lowest BCUT2D eigenvalue weighted by Gasteiger charge is -2.39. The maximum atomic E-state index is 12.8. The number of rotatable bonds is 1. The summed E-state index contributed by atoms with van der Waals surface area (Å²) in [5.74, 6) is -0.200. The van der Waals surface area contributed by atoms with E-state index < -0.39 is 5.41 Å². The van der Waals surface area contributed by atoms with Crippen LogP contribution in [0.4, 0.5) is 0 Å². The molecule has 1 unspecified atom stereocenters. The number of hydrogen-bond donors (Lipinski definition) is 0. The first-order valence-corrected chi connectivity index (χ1v) is 7.25. The van der Waals surface area contributed by atoms with E-state index in [1.807, 2.05) is 18.2 Å². The number of carbonyl (C=O) groups is 2. The molecule has 0 aromatic heterocycles. The average Bonchev–Trinajstić information content (AvgIpc) is 2.84. The molecule has 1 aliphatic heterocycles. The Labute approximate surface area is 119 Å². The lowest BCUT2D eigenvalue weighted by atomic mass is 9.75. The molecule has 1 aliphatic carbocycles. The van der Waals surface area contributed by atoms with Crippen molar-refractivity contribution in [3.63, 3.8) is 0 Å². The van der Waals surface area contributed by atoms with Gasteiger partial charge in [0.2, 0.25) is 5.91 Å². The maximum absolute atomic E-state index is 12.8. The van der Waals surface area contributed by atoms with Gasteiger partial charge in [0.05, 0.1) is 5.41 Å². The van der Waals surface area contributed by atoms with Crippen LogP contribution >= 0.6 is 0 Å². The van der Waals surface area contributed by atoms with Crippen LogP contribution < -0.4 is 0 Å². The number of carbonyl (C=O) groups excluding carboxylic acids is 2. The molecule has 104 valence electrons. The third-order valence-corrected chi connectivity index (χ3v) is 4.66. The van der Waals surface area contributed by atoms with Crippen molar-refractivity contribution in [1.29, 1.82) is 0 Å². The van der Waals surface area contributed by atoms with Crippen molar-refractivity contribution in [1.82, 2.24) is 4.90 Å². The summed E-state index contributed by atoms with van der Waals surface area (Å²) in [4.78, 5) is 26.8. The van der Waals surface area contributed by atoms with Gasteiger partial charge in [-0.2, -0.15) is 0 Å². The Morgan fingerprint density at radius 3 is 2.50 bits per heavy atom. The number of likely N-dealkylation sites (tertiary alicyclic amines) is 1. The minimum atomic E-state index is -0.456. The van der Waals surface area contributed by atoms with Gasteiger partial charge in [-0.25, -0.2) is 0 Å². The summed E-state index contributed by atoms with van der Waals surface area (Å²) in [6, 6.07) is 9.05. The van der Waals surface area contributed by atoms with E-state index in [0.29, 0.717) is 12.1 Å². The summed E-state index contributed by atoms with van der Waals surface area (Å²) in [5.41, 5.74) is 1.15. The second-order valence-corrected chi connectivity index (χ2v) is 5.77. The molecular formula is C17H19NO2. The molecular weight excluding hydrogens is 250 g/mol. The summed E-state index contributed by atoms with van der Waals surface area (Å²) < 4.78 is 0. The zero-order chi connectivity index (χ0) is 14.2. The van der Waals surface area contributed by atoms with Gasteiger partial charge in [0, 0.05) is 12.1 Å². The molecule has 1 atom stereocenters.